The molecule has 3 nitrogen and oxygen atoms in total. The van der Waals surface area contributed by atoms with Crippen molar-refractivity contribution in [2.75, 3.05) is 20.2 Å². The van der Waals surface area contributed by atoms with Gasteiger partial charge in [-0.2, -0.15) is 0 Å². The Balaban J connectivity index is 1.70. The van der Waals surface area contributed by atoms with Crippen LogP contribution in [-0.2, 0) is 22.5 Å². The van der Waals surface area contributed by atoms with E-state index in [0.29, 0.717) is 0 Å². The van der Waals surface area contributed by atoms with Crippen molar-refractivity contribution in [1.82, 2.24) is 4.90 Å². The number of nitrogens with zero attached hydrogens (tertiary/aromatic N) is 1. The third kappa shape index (κ3) is 2.27. The number of carbonyl (C=O) groups is 1. The highest BCUT2D eigenvalue weighted by molar-refractivity contribution is 5.78. The van der Waals surface area contributed by atoms with Gasteiger partial charge in [-0.1, -0.05) is 30.7 Å². The standard InChI is InChI=1S/C16H21NO2/c1-19-15(18)16(8-4-9-16)12-17-10-7-13-5-2-3-6-14(13)11-17/h2-3,5-6H,4,7-12H2,1H3. The second kappa shape index (κ2) is 4.97. The van der Waals surface area contributed by atoms with E-state index >= 15 is 0 Å². The lowest BCUT2D eigenvalue weighted by Gasteiger charge is -2.43. The summed E-state index contributed by atoms with van der Waals surface area (Å²) in [5, 5.41) is 0. The first-order valence-electron chi connectivity index (χ1n) is 7.11. The lowest BCUT2D eigenvalue weighted by molar-refractivity contribution is -0.160. The zero-order valence-electron chi connectivity index (χ0n) is 11.5. The summed E-state index contributed by atoms with van der Waals surface area (Å²) in [6, 6.07) is 8.62. The van der Waals surface area contributed by atoms with Gasteiger partial charge in [0.25, 0.3) is 0 Å². The number of hydrogen-bond acceptors (Lipinski definition) is 3. The number of hydrogen-bond donors (Lipinski definition) is 0. The SMILES string of the molecule is COC(=O)C1(CN2CCc3ccccc3C2)CCC1. The Morgan fingerprint density at radius 1 is 1.32 bits per heavy atom. The van der Waals surface area contributed by atoms with Crippen molar-refractivity contribution in [2.45, 2.75) is 32.2 Å². The molecule has 0 unspecified atom stereocenters. The predicted molar refractivity (Wildman–Crippen MR) is 73.7 cm³/mol. The van der Waals surface area contributed by atoms with Crippen LogP contribution in [0, 0.1) is 5.41 Å². The molecule has 1 aliphatic heterocycles. The number of esters is 1. The molecule has 0 N–H and O–H groups in total. The van der Waals surface area contributed by atoms with Gasteiger partial charge in [0.15, 0.2) is 0 Å². The Hall–Kier alpha value is -1.35. The maximum atomic E-state index is 12.0. The summed E-state index contributed by atoms with van der Waals surface area (Å²) in [6.07, 6.45) is 4.21. The lowest BCUT2D eigenvalue weighted by Crippen LogP contribution is -2.49. The van der Waals surface area contributed by atoms with E-state index in [1.807, 2.05) is 0 Å². The van der Waals surface area contributed by atoms with Crippen molar-refractivity contribution in [2.24, 2.45) is 5.41 Å². The topological polar surface area (TPSA) is 29.5 Å². The van der Waals surface area contributed by atoms with Crippen molar-refractivity contribution >= 4 is 5.97 Å². The van der Waals surface area contributed by atoms with Crippen molar-refractivity contribution < 1.29 is 9.53 Å². The summed E-state index contributed by atoms with van der Waals surface area (Å²) in [6.45, 7) is 2.87. The van der Waals surface area contributed by atoms with Gasteiger partial charge < -0.3 is 4.74 Å². The third-order valence-electron chi connectivity index (χ3n) is 4.67. The van der Waals surface area contributed by atoms with E-state index in [2.05, 4.69) is 29.2 Å². The number of ether oxygens (including phenoxy) is 1. The van der Waals surface area contributed by atoms with Crippen molar-refractivity contribution in [1.29, 1.82) is 0 Å². The van der Waals surface area contributed by atoms with Crippen molar-refractivity contribution in [3.63, 3.8) is 0 Å². The summed E-state index contributed by atoms with van der Waals surface area (Å²) in [7, 11) is 1.51. The van der Waals surface area contributed by atoms with Crippen molar-refractivity contribution in [3.05, 3.63) is 35.4 Å². The quantitative estimate of drug-likeness (QED) is 0.781. The van der Waals surface area contributed by atoms with Gasteiger partial charge in [-0.3, -0.25) is 9.69 Å². The molecule has 1 aliphatic carbocycles. The van der Waals surface area contributed by atoms with E-state index in [4.69, 9.17) is 4.74 Å². The summed E-state index contributed by atoms with van der Waals surface area (Å²) in [4.78, 5) is 14.4. The number of carbonyl (C=O) groups excluding carboxylic acids is 1. The van der Waals surface area contributed by atoms with Gasteiger partial charge in [0.2, 0.25) is 0 Å². The zero-order chi connectivity index (χ0) is 13.3. The molecule has 0 amide bonds. The third-order valence-corrected chi connectivity index (χ3v) is 4.67. The summed E-state index contributed by atoms with van der Waals surface area (Å²) >= 11 is 0. The second-order valence-corrected chi connectivity index (χ2v) is 5.85. The van der Waals surface area contributed by atoms with Crippen LogP contribution in [0.2, 0.25) is 0 Å². The first kappa shape index (κ1) is 12.7. The van der Waals surface area contributed by atoms with Gasteiger partial charge in [-0.15, -0.1) is 0 Å². The molecule has 0 atom stereocenters. The molecule has 0 aromatic heterocycles. The minimum atomic E-state index is -0.221. The number of methoxy groups -OCH3 is 1. The molecule has 1 fully saturated rings. The molecular weight excluding hydrogens is 238 g/mol. The number of fused-ring (bicyclic) bond motifs is 1. The van der Waals surface area contributed by atoms with Gasteiger partial charge in [0.05, 0.1) is 12.5 Å². The molecule has 19 heavy (non-hydrogen) atoms. The van der Waals surface area contributed by atoms with Gasteiger partial charge in [0, 0.05) is 19.6 Å². The minimum Gasteiger partial charge on any atom is -0.469 e. The Bertz CT molecular complexity index is 479. The van der Waals surface area contributed by atoms with Crippen LogP contribution >= 0.6 is 0 Å². The van der Waals surface area contributed by atoms with Gasteiger partial charge >= 0.3 is 5.97 Å². The molecule has 1 aromatic carbocycles. The normalized spacial score (nSPS) is 21.3. The first-order valence-corrected chi connectivity index (χ1v) is 7.11. The maximum Gasteiger partial charge on any atom is 0.313 e. The van der Waals surface area contributed by atoms with Crippen LogP contribution in [-0.4, -0.2) is 31.1 Å². The van der Waals surface area contributed by atoms with E-state index < -0.39 is 0 Å². The average Bonchev–Trinajstić information content (AvgIpc) is 2.42. The van der Waals surface area contributed by atoms with Crippen LogP contribution in [0.3, 0.4) is 0 Å². The van der Waals surface area contributed by atoms with E-state index in [1.54, 1.807) is 0 Å². The highest BCUT2D eigenvalue weighted by atomic mass is 16.5. The minimum absolute atomic E-state index is 0.0161. The Kier molecular flexibility index (Phi) is 3.31. The van der Waals surface area contributed by atoms with Crippen LogP contribution in [0.25, 0.3) is 0 Å². The molecule has 2 aliphatic rings. The average molecular weight is 259 g/mol. The monoisotopic (exact) mass is 259 g/mol. The van der Waals surface area contributed by atoms with E-state index in [0.717, 1.165) is 45.3 Å². The molecule has 0 saturated heterocycles. The molecule has 1 aromatic rings. The molecule has 1 saturated carbocycles. The lowest BCUT2D eigenvalue weighted by atomic mass is 9.68. The summed E-state index contributed by atoms with van der Waals surface area (Å²) < 4.78 is 5.00. The highest BCUT2D eigenvalue weighted by Crippen LogP contribution is 2.43. The largest absolute Gasteiger partial charge is 0.469 e. The number of rotatable bonds is 3. The van der Waals surface area contributed by atoms with Gasteiger partial charge in [-0.05, 0) is 30.4 Å². The first-order chi connectivity index (χ1) is 9.23. The van der Waals surface area contributed by atoms with Crippen LogP contribution in [0.1, 0.15) is 30.4 Å². The van der Waals surface area contributed by atoms with Crippen LogP contribution < -0.4 is 0 Å². The van der Waals surface area contributed by atoms with Crippen molar-refractivity contribution in [3.8, 4) is 0 Å². The van der Waals surface area contributed by atoms with Gasteiger partial charge in [0.1, 0.15) is 0 Å². The summed E-state index contributed by atoms with van der Waals surface area (Å²) in [5.41, 5.74) is 2.65. The molecule has 102 valence electrons. The second-order valence-electron chi connectivity index (χ2n) is 5.85. The fraction of sp³-hybridized carbons (Fsp3) is 0.562. The highest BCUT2D eigenvalue weighted by Gasteiger charge is 2.46. The van der Waals surface area contributed by atoms with E-state index in [9.17, 15) is 4.79 Å². The van der Waals surface area contributed by atoms with Crippen LogP contribution in [0.15, 0.2) is 24.3 Å². The Labute approximate surface area is 114 Å². The fourth-order valence-corrected chi connectivity index (χ4v) is 3.36. The zero-order valence-corrected chi connectivity index (χ0v) is 11.5. The predicted octanol–water partition coefficient (Wildman–Crippen LogP) is 2.39. The van der Waals surface area contributed by atoms with Crippen LogP contribution in [0.4, 0.5) is 0 Å². The molecule has 1 heterocycles. The Morgan fingerprint density at radius 3 is 2.68 bits per heavy atom. The summed E-state index contributed by atoms with van der Waals surface area (Å²) in [5.74, 6) is -0.0161. The van der Waals surface area contributed by atoms with E-state index in [1.165, 1.54) is 18.2 Å². The van der Waals surface area contributed by atoms with Crippen LogP contribution in [0.5, 0.6) is 0 Å². The fourth-order valence-electron chi connectivity index (χ4n) is 3.36. The van der Waals surface area contributed by atoms with Gasteiger partial charge in [-0.25, -0.2) is 0 Å². The molecular formula is C16H21NO2. The molecule has 0 bridgehead atoms. The smallest absolute Gasteiger partial charge is 0.313 e. The maximum absolute atomic E-state index is 12.0. The molecule has 3 heteroatoms. The molecule has 0 spiro atoms. The number of benzene rings is 1. The molecule has 0 radical (unpaired) electrons. The van der Waals surface area contributed by atoms with E-state index in [-0.39, 0.29) is 11.4 Å². The molecule has 3 rings (SSSR count). The Morgan fingerprint density at radius 2 is 2.05 bits per heavy atom.